The average Bonchev–Trinajstić information content (AvgIpc) is 2.90. The molecule has 0 fully saturated rings. The molecule has 0 radical (unpaired) electrons. The fraction of sp³-hybridized carbons (Fsp3) is 0.333. The number of rotatable bonds is 4. The molecule has 1 aromatic heterocycles. The van der Waals surface area contributed by atoms with Gasteiger partial charge in [0.2, 0.25) is 0 Å². The normalized spacial score (nSPS) is 10.8. The Labute approximate surface area is 136 Å². The van der Waals surface area contributed by atoms with E-state index in [9.17, 15) is 9.90 Å². The SMILES string of the molecule is Cn1ccnc1CCNC(=O)c1ccc(C#CC(C)(C)O)cc1. The van der Waals surface area contributed by atoms with E-state index in [0.717, 1.165) is 11.4 Å². The Balaban J connectivity index is 1.90. The average molecular weight is 311 g/mol. The van der Waals surface area contributed by atoms with Gasteiger partial charge in [0.15, 0.2) is 0 Å². The van der Waals surface area contributed by atoms with Crippen LogP contribution in [0.15, 0.2) is 36.7 Å². The molecule has 1 aromatic carbocycles. The second-order valence-electron chi connectivity index (χ2n) is 5.85. The maximum absolute atomic E-state index is 12.1. The largest absolute Gasteiger partial charge is 0.378 e. The zero-order valence-electron chi connectivity index (χ0n) is 13.6. The van der Waals surface area contributed by atoms with Gasteiger partial charge >= 0.3 is 0 Å². The van der Waals surface area contributed by atoms with E-state index in [2.05, 4.69) is 22.1 Å². The van der Waals surface area contributed by atoms with Crippen molar-refractivity contribution in [3.63, 3.8) is 0 Å². The lowest BCUT2D eigenvalue weighted by atomic mass is 10.1. The Morgan fingerprint density at radius 2 is 2.04 bits per heavy atom. The molecule has 0 aliphatic heterocycles. The van der Waals surface area contributed by atoms with Crippen LogP contribution >= 0.6 is 0 Å². The third-order valence-electron chi connectivity index (χ3n) is 3.21. The summed E-state index contributed by atoms with van der Waals surface area (Å²) >= 11 is 0. The molecule has 5 heteroatoms. The third kappa shape index (κ3) is 5.28. The van der Waals surface area contributed by atoms with E-state index in [4.69, 9.17) is 0 Å². The number of imidazole rings is 1. The van der Waals surface area contributed by atoms with Gasteiger partial charge in [0.1, 0.15) is 11.4 Å². The predicted molar refractivity (Wildman–Crippen MR) is 88.9 cm³/mol. The van der Waals surface area contributed by atoms with Crippen LogP contribution in [-0.4, -0.2) is 32.7 Å². The van der Waals surface area contributed by atoms with Crippen molar-refractivity contribution in [3.8, 4) is 11.8 Å². The highest BCUT2D eigenvalue weighted by Crippen LogP contribution is 2.05. The number of nitrogens with zero attached hydrogens (tertiary/aromatic N) is 2. The molecule has 2 N–H and O–H groups in total. The summed E-state index contributed by atoms with van der Waals surface area (Å²) in [6, 6.07) is 6.99. The molecule has 2 aromatic rings. The molecule has 1 amide bonds. The van der Waals surface area contributed by atoms with Gasteiger partial charge in [0.05, 0.1) is 0 Å². The summed E-state index contributed by atoms with van der Waals surface area (Å²) < 4.78 is 1.93. The van der Waals surface area contributed by atoms with Crippen molar-refractivity contribution >= 4 is 5.91 Å². The first-order valence-corrected chi connectivity index (χ1v) is 7.45. The molecule has 0 spiro atoms. The van der Waals surface area contributed by atoms with Gasteiger partial charge in [-0.1, -0.05) is 11.8 Å². The molecular formula is C18H21N3O2. The number of carbonyl (C=O) groups excluding carboxylic acids is 1. The van der Waals surface area contributed by atoms with Gasteiger partial charge < -0.3 is 15.0 Å². The van der Waals surface area contributed by atoms with Crippen LogP contribution in [0.3, 0.4) is 0 Å². The zero-order valence-corrected chi connectivity index (χ0v) is 13.6. The van der Waals surface area contributed by atoms with Gasteiger partial charge in [-0.3, -0.25) is 4.79 Å². The van der Waals surface area contributed by atoms with E-state index in [1.165, 1.54) is 0 Å². The first-order chi connectivity index (χ1) is 10.8. The predicted octanol–water partition coefficient (Wildman–Crippen LogP) is 1.52. The summed E-state index contributed by atoms with van der Waals surface area (Å²) in [5.41, 5.74) is 0.316. The molecule has 0 aliphatic rings. The summed E-state index contributed by atoms with van der Waals surface area (Å²) in [6.07, 6.45) is 4.31. The van der Waals surface area contributed by atoms with Gasteiger partial charge in [-0.25, -0.2) is 4.98 Å². The first-order valence-electron chi connectivity index (χ1n) is 7.45. The molecule has 5 nitrogen and oxygen atoms in total. The number of aromatic nitrogens is 2. The van der Waals surface area contributed by atoms with Crippen molar-refractivity contribution in [2.75, 3.05) is 6.54 Å². The molecule has 1 heterocycles. The highest BCUT2D eigenvalue weighted by atomic mass is 16.3. The third-order valence-corrected chi connectivity index (χ3v) is 3.21. The molecule has 0 atom stereocenters. The Kier molecular flexibility index (Phi) is 5.20. The minimum atomic E-state index is -1.03. The van der Waals surface area contributed by atoms with Crippen LogP contribution in [-0.2, 0) is 13.5 Å². The van der Waals surface area contributed by atoms with Gasteiger partial charge in [-0.2, -0.15) is 0 Å². The van der Waals surface area contributed by atoms with Gasteiger partial charge in [-0.05, 0) is 38.1 Å². The topological polar surface area (TPSA) is 67.2 Å². The second-order valence-corrected chi connectivity index (χ2v) is 5.85. The maximum Gasteiger partial charge on any atom is 0.251 e. The Morgan fingerprint density at radius 1 is 1.35 bits per heavy atom. The Morgan fingerprint density at radius 3 is 2.61 bits per heavy atom. The first kappa shape index (κ1) is 16.8. The van der Waals surface area contributed by atoms with Crippen LogP contribution in [0.1, 0.15) is 35.6 Å². The highest BCUT2D eigenvalue weighted by Gasteiger charge is 2.07. The van der Waals surface area contributed by atoms with Crippen molar-refractivity contribution in [2.24, 2.45) is 7.05 Å². The summed E-state index contributed by atoms with van der Waals surface area (Å²) in [5, 5.41) is 12.4. The Hall–Kier alpha value is -2.58. The van der Waals surface area contributed by atoms with E-state index < -0.39 is 5.60 Å². The number of hydrogen-bond donors (Lipinski definition) is 2. The number of hydrogen-bond acceptors (Lipinski definition) is 3. The van der Waals surface area contributed by atoms with E-state index in [1.807, 2.05) is 17.8 Å². The van der Waals surface area contributed by atoms with E-state index in [-0.39, 0.29) is 5.91 Å². The number of benzene rings is 1. The minimum Gasteiger partial charge on any atom is -0.378 e. The minimum absolute atomic E-state index is 0.124. The number of aryl methyl sites for hydroxylation is 1. The fourth-order valence-electron chi connectivity index (χ4n) is 1.96. The van der Waals surface area contributed by atoms with E-state index >= 15 is 0 Å². The van der Waals surface area contributed by atoms with Gasteiger partial charge in [0.25, 0.3) is 5.91 Å². The number of nitrogens with one attached hydrogen (secondary N) is 1. The Bertz CT molecular complexity index is 728. The smallest absolute Gasteiger partial charge is 0.251 e. The molecule has 23 heavy (non-hydrogen) atoms. The fourth-order valence-corrected chi connectivity index (χ4v) is 1.96. The lowest BCUT2D eigenvalue weighted by Crippen LogP contribution is -2.26. The number of amides is 1. The second kappa shape index (κ2) is 7.12. The summed E-state index contributed by atoms with van der Waals surface area (Å²) in [5.74, 6) is 6.42. The molecule has 0 unspecified atom stereocenters. The quantitative estimate of drug-likeness (QED) is 0.841. The van der Waals surface area contributed by atoms with Crippen molar-refractivity contribution < 1.29 is 9.90 Å². The monoisotopic (exact) mass is 311 g/mol. The van der Waals surface area contributed by atoms with Crippen molar-refractivity contribution in [2.45, 2.75) is 25.9 Å². The highest BCUT2D eigenvalue weighted by molar-refractivity contribution is 5.94. The van der Waals surface area contributed by atoms with Crippen molar-refractivity contribution in [1.82, 2.24) is 14.9 Å². The molecular weight excluding hydrogens is 290 g/mol. The van der Waals surface area contributed by atoms with Crippen LogP contribution < -0.4 is 5.32 Å². The summed E-state index contributed by atoms with van der Waals surface area (Å²) in [4.78, 5) is 16.3. The van der Waals surface area contributed by atoms with Crippen LogP contribution in [0.25, 0.3) is 0 Å². The number of carbonyl (C=O) groups is 1. The summed E-state index contributed by atoms with van der Waals surface area (Å²) in [7, 11) is 1.93. The molecule has 0 bridgehead atoms. The maximum atomic E-state index is 12.1. The van der Waals surface area contributed by atoms with Gasteiger partial charge in [-0.15, -0.1) is 0 Å². The molecule has 0 saturated heterocycles. The van der Waals surface area contributed by atoms with Crippen LogP contribution in [0.4, 0.5) is 0 Å². The van der Waals surface area contributed by atoms with Crippen LogP contribution in [0.2, 0.25) is 0 Å². The number of aliphatic hydroxyl groups is 1. The van der Waals surface area contributed by atoms with Crippen LogP contribution in [0, 0.1) is 11.8 Å². The molecule has 2 rings (SSSR count). The zero-order chi connectivity index (χ0) is 16.9. The van der Waals surface area contributed by atoms with E-state index in [1.54, 1.807) is 44.3 Å². The van der Waals surface area contributed by atoms with E-state index in [0.29, 0.717) is 18.5 Å². The summed E-state index contributed by atoms with van der Waals surface area (Å²) in [6.45, 7) is 3.79. The molecule has 0 aliphatic carbocycles. The van der Waals surface area contributed by atoms with Crippen molar-refractivity contribution in [3.05, 3.63) is 53.6 Å². The van der Waals surface area contributed by atoms with Crippen molar-refractivity contribution in [1.29, 1.82) is 0 Å². The molecule has 120 valence electrons. The lowest BCUT2D eigenvalue weighted by Gasteiger charge is -2.07. The lowest BCUT2D eigenvalue weighted by molar-refractivity contribution is 0.0954. The standard InChI is InChI=1S/C18H21N3O2/c1-18(2,23)10-8-14-4-6-15(7-5-14)17(22)20-11-9-16-19-12-13-21(16)3/h4-7,12-13,23H,9,11H2,1-3H3,(H,20,22). The van der Waals surface area contributed by atoms with Gasteiger partial charge in [0, 0.05) is 43.5 Å². The van der Waals surface area contributed by atoms with Crippen LogP contribution in [0.5, 0.6) is 0 Å². The molecule has 0 saturated carbocycles.